The lowest BCUT2D eigenvalue weighted by molar-refractivity contribution is 0.306. The zero-order valence-corrected chi connectivity index (χ0v) is 14.2. The monoisotopic (exact) mass is 328 g/mol. The predicted molar refractivity (Wildman–Crippen MR) is 96.9 cm³/mol. The molecule has 1 aromatic heterocycles. The van der Waals surface area contributed by atoms with Crippen LogP contribution in [-0.2, 0) is 6.42 Å². The molecule has 0 saturated carbocycles. The number of aromatic amines is 1. The number of aryl methyl sites for hydroxylation is 1. The summed E-state index contributed by atoms with van der Waals surface area (Å²) in [5.41, 5.74) is 4.20. The summed E-state index contributed by atoms with van der Waals surface area (Å²) < 4.78 is 5.67. The van der Waals surface area contributed by atoms with Gasteiger partial charge in [-0.3, -0.25) is 9.78 Å². The summed E-state index contributed by atoms with van der Waals surface area (Å²) in [6, 6.07) is 9.18. The van der Waals surface area contributed by atoms with E-state index in [1.807, 2.05) is 31.2 Å². The van der Waals surface area contributed by atoms with Crippen LogP contribution in [0.3, 0.4) is 0 Å². The second-order valence-corrected chi connectivity index (χ2v) is 5.43. The summed E-state index contributed by atoms with van der Waals surface area (Å²) in [6.45, 7) is 4.86. The number of anilines is 1. The fourth-order valence-electron chi connectivity index (χ4n) is 2.10. The van der Waals surface area contributed by atoms with Gasteiger partial charge in [0, 0.05) is 11.8 Å². The molecule has 6 nitrogen and oxygen atoms in total. The SMILES string of the molecule is CCCCCOc1ccc(/C=N\Nc2nc(CC)cc(=O)[nH]2)cc1. The molecule has 0 amide bonds. The van der Waals surface area contributed by atoms with E-state index in [1.165, 1.54) is 18.9 Å². The number of ether oxygens (including phenoxy) is 1. The lowest BCUT2D eigenvalue weighted by Crippen LogP contribution is -2.11. The Bertz CT molecular complexity index is 708. The highest BCUT2D eigenvalue weighted by molar-refractivity contribution is 5.80. The van der Waals surface area contributed by atoms with Crippen molar-refractivity contribution in [3.8, 4) is 5.75 Å². The number of H-pyrrole nitrogens is 1. The first-order valence-corrected chi connectivity index (χ1v) is 8.33. The minimum Gasteiger partial charge on any atom is -0.494 e. The molecule has 6 heteroatoms. The number of hydrogen-bond donors (Lipinski definition) is 2. The number of unbranched alkanes of at least 4 members (excludes halogenated alkanes) is 2. The topological polar surface area (TPSA) is 79.4 Å². The van der Waals surface area contributed by atoms with Gasteiger partial charge in [-0.2, -0.15) is 5.10 Å². The lowest BCUT2D eigenvalue weighted by Gasteiger charge is -2.05. The van der Waals surface area contributed by atoms with Gasteiger partial charge in [-0.1, -0.05) is 26.7 Å². The molecule has 0 fully saturated rings. The Balaban J connectivity index is 1.88. The van der Waals surface area contributed by atoms with Crippen molar-refractivity contribution in [1.29, 1.82) is 0 Å². The van der Waals surface area contributed by atoms with Crippen LogP contribution in [0.1, 0.15) is 44.4 Å². The van der Waals surface area contributed by atoms with E-state index < -0.39 is 0 Å². The van der Waals surface area contributed by atoms with Gasteiger partial charge in [0.1, 0.15) is 5.75 Å². The first-order chi connectivity index (χ1) is 11.7. The van der Waals surface area contributed by atoms with Gasteiger partial charge in [-0.15, -0.1) is 0 Å². The molecule has 0 aliphatic carbocycles. The molecule has 0 aliphatic rings. The summed E-state index contributed by atoms with van der Waals surface area (Å²) in [4.78, 5) is 18.3. The quantitative estimate of drug-likeness (QED) is 0.420. The first-order valence-electron chi connectivity index (χ1n) is 8.33. The average molecular weight is 328 g/mol. The number of benzene rings is 1. The summed E-state index contributed by atoms with van der Waals surface area (Å²) in [5.74, 6) is 1.20. The number of nitrogens with one attached hydrogen (secondary N) is 2. The average Bonchev–Trinajstić information content (AvgIpc) is 2.59. The Morgan fingerprint density at radius 3 is 2.75 bits per heavy atom. The maximum atomic E-state index is 11.5. The van der Waals surface area contributed by atoms with Crippen LogP contribution < -0.4 is 15.7 Å². The molecule has 0 radical (unpaired) electrons. The van der Waals surface area contributed by atoms with Crippen molar-refractivity contribution in [1.82, 2.24) is 9.97 Å². The molecule has 2 aromatic rings. The third-order valence-corrected chi connectivity index (χ3v) is 3.44. The molecular weight excluding hydrogens is 304 g/mol. The smallest absolute Gasteiger partial charge is 0.252 e. The van der Waals surface area contributed by atoms with Gasteiger partial charge < -0.3 is 4.74 Å². The van der Waals surface area contributed by atoms with E-state index in [2.05, 4.69) is 27.4 Å². The standard InChI is InChI=1S/C18H24N4O2/c1-3-5-6-11-24-16-9-7-14(8-10-16)13-19-22-18-20-15(4-2)12-17(23)21-18/h7-10,12-13H,3-6,11H2,1-2H3,(H2,20,21,22,23)/b19-13-. The Labute approximate surface area is 142 Å². The van der Waals surface area contributed by atoms with E-state index in [1.54, 1.807) is 6.21 Å². The Morgan fingerprint density at radius 2 is 2.04 bits per heavy atom. The highest BCUT2D eigenvalue weighted by Gasteiger charge is 1.98. The third kappa shape index (κ3) is 5.87. The largest absolute Gasteiger partial charge is 0.494 e. The van der Waals surface area contributed by atoms with Crippen molar-refractivity contribution >= 4 is 12.2 Å². The number of hydrogen-bond acceptors (Lipinski definition) is 5. The minimum absolute atomic E-state index is 0.191. The van der Waals surface area contributed by atoms with Crippen molar-refractivity contribution in [2.45, 2.75) is 39.5 Å². The molecule has 0 atom stereocenters. The van der Waals surface area contributed by atoms with Gasteiger partial charge in [0.05, 0.1) is 12.8 Å². The fraction of sp³-hybridized carbons (Fsp3) is 0.389. The third-order valence-electron chi connectivity index (χ3n) is 3.44. The molecule has 0 spiro atoms. The van der Waals surface area contributed by atoms with Crippen LogP contribution in [-0.4, -0.2) is 22.8 Å². The van der Waals surface area contributed by atoms with E-state index in [0.29, 0.717) is 12.4 Å². The second-order valence-electron chi connectivity index (χ2n) is 5.43. The van der Waals surface area contributed by atoms with E-state index >= 15 is 0 Å². The summed E-state index contributed by atoms with van der Waals surface area (Å²) in [7, 11) is 0. The second kappa shape index (κ2) is 9.50. The molecule has 1 aromatic carbocycles. The Morgan fingerprint density at radius 1 is 1.25 bits per heavy atom. The highest BCUT2D eigenvalue weighted by atomic mass is 16.5. The van der Waals surface area contributed by atoms with E-state index in [9.17, 15) is 4.79 Å². The van der Waals surface area contributed by atoms with Gasteiger partial charge in [-0.05, 0) is 42.7 Å². The molecular formula is C18H24N4O2. The minimum atomic E-state index is -0.191. The van der Waals surface area contributed by atoms with Crippen LogP contribution in [0.4, 0.5) is 5.95 Å². The van der Waals surface area contributed by atoms with Crippen LogP contribution >= 0.6 is 0 Å². The van der Waals surface area contributed by atoms with Crippen LogP contribution in [0.15, 0.2) is 40.2 Å². The first kappa shape index (κ1) is 17.7. The van der Waals surface area contributed by atoms with E-state index in [0.717, 1.165) is 30.0 Å². The van der Waals surface area contributed by atoms with E-state index in [-0.39, 0.29) is 5.56 Å². The fourth-order valence-corrected chi connectivity index (χ4v) is 2.10. The van der Waals surface area contributed by atoms with Crippen molar-refractivity contribution in [3.63, 3.8) is 0 Å². The van der Waals surface area contributed by atoms with Crippen LogP contribution in [0.25, 0.3) is 0 Å². The lowest BCUT2D eigenvalue weighted by atomic mass is 10.2. The molecule has 24 heavy (non-hydrogen) atoms. The maximum Gasteiger partial charge on any atom is 0.252 e. The zero-order chi connectivity index (χ0) is 17.2. The highest BCUT2D eigenvalue weighted by Crippen LogP contribution is 2.12. The number of rotatable bonds is 9. The van der Waals surface area contributed by atoms with E-state index in [4.69, 9.17) is 4.74 Å². The molecule has 2 rings (SSSR count). The Hall–Kier alpha value is -2.63. The number of aromatic nitrogens is 2. The van der Waals surface area contributed by atoms with Gasteiger partial charge in [-0.25, -0.2) is 10.4 Å². The van der Waals surface area contributed by atoms with Crippen molar-refractivity contribution < 1.29 is 4.74 Å². The summed E-state index contributed by atoms with van der Waals surface area (Å²) in [6.07, 6.45) is 5.81. The maximum absolute atomic E-state index is 11.5. The van der Waals surface area contributed by atoms with Crippen molar-refractivity contribution in [2.75, 3.05) is 12.0 Å². The van der Waals surface area contributed by atoms with Gasteiger partial charge in [0.25, 0.3) is 5.56 Å². The van der Waals surface area contributed by atoms with Gasteiger partial charge >= 0.3 is 0 Å². The predicted octanol–water partition coefficient (Wildman–Crippen LogP) is 3.35. The number of hydrazone groups is 1. The van der Waals surface area contributed by atoms with Crippen LogP contribution in [0.2, 0.25) is 0 Å². The molecule has 0 saturated heterocycles. The Kier molecular flexibility index (Phi) is 7.01. The molecule has 0 bridgehead atoms. The zero-order valence-electron chi connectivity index (χ0n) is 14.2. The summed E-state index contributed by atoms with van der Waals surface area (Å²) >= 11 is 0. The summed E-state index contributed by atoms with van der Waals surface area (Å²) in [5, 5.41) is 4.10. The van der Waals surface area contributed by atoms with Gasteiger partial charge in [0.2, 0.25) is 5.95 Å². The van der Waals surface area contributed by atoms with Gasteiger partial charge in [0.15, 0.2) is 0 Å². The number of nitrogens with zero attached hydrogens (tertiary/aromatic N) is 2. The van der Waals surface area contributed by atoms with Crippen LogP contribution in [0, 0.1) is 0 Å². The molecule has 0 aliphatic heterocycles. The van der Waals surface area contributed by atoms with Crippen LogP contribution in [0.5, 0.6) is 5.75 Å². The van der Waals surface area contributed by atoms with Crippen molar-refractivity contribution in [2.24, 2.45) is 5.10 Å². The normalized spacial score (nSPS) is 10.9. The molecule has 128 valence electrons. The molecule has 2 N–H and O–H groups in total. The molecule has 0 unspecified atom stereocenters. The molecule has 1 heterocycles. The van der Waals surface area contributed by atoms with Crippen molar-refractivity contribution in [3.05, 3.63) is 51.9 Å².